The van der Waals surface area contributed by atoms with Crippen LogP contribution in [0.3, 0.4) is 0 Å². The van der Waals surface area contributed by atoms with E-state index in [1.54, 1.807) is 6.92 Å². The second-order valence-corrected chi connectivity index (χ2v) is 5.46. The van der Waals surface area contributed by atoms with Gasteiger partial charge < -0.3 is 16.3 Å². The van der Waals surface area contributed by atoms with Crippen LogP contribution in [0.25, 0.3) is 0 Å². The first-order chi connectivity index (χ1) is 8.90. The van der Waals surface area contributed by atoms with Gasteiger partial charge in [-0.05, 0) is 53.4 Å². The Labute approximate surface area is 117 Å². The summed E-state index contributed by atoms with van der Waals surface area (Å²) in [4.78, 5) is 12.2. The van der Waals surface area contributed by atoms with Gasteiger partial charge in [-0.25, -0.2) is 4.39 Å². The molecule has 1 aliphatic rings. The van der Waals surface area contributed by atoms with Crippen LogP contribution in [0.1, 0.15) is 18.4 Å². The average molecular weight is 330 g/mol. The molecule has 1 saturated carbocycles. The SMILES string of the molecule is Cc1cc(F)c(Br)cc1NC(=O)C1(/C(N)=N/O)CC1. The molecule has 0 spiro atoms. The van der Waals surface area contributed by atoms with E-state index in [0.29, 0.717) is 24.1 Å². The standard InChI is InChI=1S/C12H13BrFN3O2/c1-6-4-8(14)7(13)5-9(6)16-11(18)12(2-3-12)10(15)17-19/h4-5,19H,2-3H2,1H3,(H2,15,17)(H,16,18). The molecule has 0 aliphatic heterocycles. The van der Waals surface area contributed by atoms with Crippen LogP contribution in [0.5, 0.6) is 0 Å². The van der Waals surface area contributed by atoms with Crippen LogP contribution < -0.4 is 11.1 Å². The third-order valence-electron chi connectivity index (χ3n) is 3.30. The van der Waals surface area contributed by atoms with E-state index in [2.05, 4.69) is 26.4 Å². The van der Waals surface area contributed by atoms with Gasteiger partial charge in [0.25, 0.3) is 0 Å². The van der Waals surface area contributed by atoms with Crippen molar-refractivity contribution >= 4 is 33.4 Å². The minimum atomic E-state index is -0.929. The van der Waals surface area contributed by atoms with Gasteiger partial charge in [-0.3, -0.25) is 4.79 Å². The molecule has 1 amide bonds. The van der Waals surface area contributed by atoms with Crippen molar-refractivity contribution in [3.8, 4) is 0 Å². The molecule has 0 bridgehead atoms. The number of halogens is 2. The summed E-state index contributed by atoms with van der Waals surface area (Å²) in [5.74, 6) is -0.832. The van der Waals surface area contributed by atoms with E-state index in [0.717, 1.165) is 0 Å². The van der Waals surface area contributed by atoms with Crippen LogP contribution >= 0.6 is 15.9 Å². The van der Waals surface area contributed by atoms with Crippen LogP contribution in [0.2, 0.25) is 0 Å². The Morgan fingerprint density at radius 2 is 2.21 bits per heavy atom. The molecule has 0 heterocycles. The van der Waals surface area contributed by atoms with E-state index in [-0.39, 0.29) is 16.2 Å². The molecule has 0 aromatic heterocycles. The fraction of sp³-hybridized carbons (Fsp3) is 0.333. The van der Waals surface area contributed by atoms with Gasteiger partial charge in [0.15, 0.2) is 5.84 Å². The normalized spacial score (nSPS) is 17.1. The lowest BCUT2D eigenvalue weighted by Crippen LogP contribution is -2.36. The third-order valence-corrected chi connectivity index (χ3v) is 3.91. The number of hydrogen-bond donors (Lipinski definition) is 3. The summed E-state index contributed by atoms with van der Waals surface area (Å²) in [5, 5.41) is 14.3. The number of nitrogens with one attached hydrogen (secondary N) is 1. The van der Waals surface area contributed by atoms with Gasteiger partial charge in [0.1, 0.15) is 11.2 Å². The number of nitrogens with two attached hydrogens (primary N) is 1. The number of amidine groups is 1. The van der Waals surface area contributed by atoms with Gasteiger partial charge in [0, 0.05) is 5.69 Å². The number of rotatable bonds is 3. The fourth-order valence-electron chi connectivity index (χ4n) is 1.84. The molecule has 0 radical (unpaired) electrons. The van der Waals surface area contributed by atoms with Crippen molar-refractivity contribution < 1.29 is 14.4 Å². The molecule has 1 fully saturated rings. The molecule has 19 heavy (non-hydrogen) atoms. The highest BCUT2D eigenvalue weighted by atomic mass is 79.9. The molecule has 0 saturated heterocycles. The van der Waals surface area contributed by atoms with Crippen LogP contribution in [0.4, 0.5) is 10.1 Å². The fourth-order valence-corrected chi connectivity index (χ4v) is 2.19. The van der Waals surface area contributed by atoms with Crippen molar-refractivity contribution in [1.82, 2.24) is 0 Å². The Kier molecular flexibility index (Phi) is 3.49. The minimum absolute atomic E-state index is 0.0937. The number of oxime groups is 1. The number of benzene rings is 1. The van der Waals surface area contributed by atoms with Crippen molar-refractivity contribution in [1.29, 1.82) is 0 Å². The van der Waals surface area contributed by atoms with Crippen molar-refractivity contribution in [3.05, 3.63) is 28.0 Å². The predicted molar refractivity (Wildman–Crippen MR) is 72.5 cm³/mol. The zero-order valence-electron chi connectivity index (χ0n) is 10.2. The van der Waals surface area contributed by atoms with E-state index in [1.807, 2.05) is 0 Å². The lowest BCUT2D eigenvalue weighted by Gasteiger charge is -2.15. The quantitative estimate of drug-likeness (QED) is 0.344. The van der Waals surface area contributed by atoms with Gasteiger partial charge in [-0.15, -0.1) is 0 Å². The first kappa shape index (κ1) is 13.8. The van der Waals surface area contributed by atoms with Gasteiger partial charge in [0.05, 0.1) is 4.47 Å². The molecule has 1 aromatic rings. The van der Waals surface area contributed by atoms with Crippen LogP contribution in [0.15, 0.2) is 21.8 Å². The first-order valence-electron chi connectivity index (χ1n) is 5.66. The van der Waals surface area contributed by atoms with Gasteiger partial charge >= 0.3 is 0 Å². The summed E-state index contributed by atoms with van der Waals surface area (Å²) in [6.07, 6.45) is 1.08. The lowest BCUT2D eigenvalue weighted by molar-refractivity contribution is -0.119. The second-order valence-electron chi connectivity index (χ2n) is 4.60. The number of aryl methyl sites for hydroxylation is 1. The molecule has 4 N–H and O–H groups in total. The smallest absolute Gasteiger partial charge is 0.238 e. The topological polar surface area (TPSA) is 87.7 Å². The molecule has 102 valence electrons. The van der Waals surface area contributed by atoms with Gasteiger partial charge in [-0.1, -0.05) is 5.16 Å². The molecule has 0 atom stereocenters. The van der Waals surface area contributed by atoms with E-state index in [9.17, 15) is 9.18 Å². The van der Waals surface area contributed by atoms with Crippen molar-refractivity contribution in [2.24, 2.45) is 16.3 Å². The molecule has 1 aliphatic carbocycles. The van der Waals surface area contributed by atoms with E-state index in [1.165, 1.54) is 12.1 Å². The van der Waals surface area contributed by atoms with E-state index < -0.39 is 11.2 Å². The first-order valence-corrected chi connectivity index (χ1v) is 6.45. The monoisotopic (exact) mass is 329 g/mol. The lowest BCUT2D eigenvalue weighted by atomic mass is 10.0. The van der Waals surface area contributed by atoms with E-state index >= 15 is 0 Å². The molecule has 0 unspecified atom stereocenters. The largest absolute Gasteiger partial charge is 0.409 e. The second kappa shape index (κ2) is 4.80. The average Bonchev–Trinajstić information content (AvgIpc) is 3.16. The van der Waals surface area contributed by atoms with Crippen LogP contribution in [-0.2, 0) is 4.79 Å². The summed E-state index contributed by atoms with van der Waals surface area (Å²) in [5.41, 5.74) is 5.70. The van der Waals surface area contributed by atoms with Crippen LogP contribution in [-0.4, -0.2) is 17.0 Å². The molecule has 5 nitrogen and oxygen atoms in total. The van der Waals surface area contributed by atoms with E-state index in [4.69, 9.17) is 10.9 Å². The Morgan fingerprint density at radius 1 is 1.58 bits per heavy atom. The molecule has 1 aromatic carbocycles. The minimum Gasteiger partial charge on any atom is -0.409 e. The van der Waals surface area contributed by atoms with Crippen molar-refractivity contribution in [2.75, 3.05) is 5.32 Å². The number of carbonyl (C=O) groups excluding carboxylic acids is 1. The van der Waals surface area contributed by atoms with Crippen LogP contribution in [0, 0.1) is 18.2 Å². The summed E-state index contributed by atoms with van der Waals surface area (Å²) >= 11 is 3.06. The maximum atomic E-state index is 13.3. The Bertz CT molecular complexity index is 570. The highest BCUT2D eigenvalue weighted by Crippen LogP contribution is 2.47. The Morgan fingerprint density at radius 3 is 2.74 bits per heavy atom. The summed E-state index contributed by atoms with van der Waals surface area (Å²) in [6, 6.07) is 2.81. The number of carbonyl (C=O) groups is 1. The Balaban J connectivity index is 2.23. The summed E-state index contributed by atoms with van der Waals surface area (Å²) in [6.45, 7) is 1.69. The highest BCUT2D eigenvalue weighted by Gasteiger charge is 2.54. The number of amides is 1. The Hall–Kier alpha value is -1.63. The maximum Gasteiger partial charge on any atom is 0.238 e. The number of nitrogens with zero attached hydrogens (tertiary/aromatic N) is 1. The maximum absolute atomic E-state index is 13.3. The van der Waals surface area contributed by atoms with Gasteiger partial charge in [-0.2, -0.15) is 0 Å². The number of anilines is 1. The molecule has 2 rings (SSSR count). The molecular formula is C12H13BrFN3O2. The number of hydrogen-bond acceptors (Lipinski definition) is 3. The molecular weight excluding hydrogens is 317 g/mol. The summed E-state index contributed by atoms with van der Waals surface area (Å²) < 4.78 is 13.6. The zero-order chi connectivity index (χ0) is 14.2. The third kappa shape index (κ3) is 2.42. The highest BCUT2D eigenvalue weighted by molar-refractivity contribution is 9.10. The summed E-state index contributed by atoms with van der Waals surface area (Å²) in [7, 11) is 0. The zero-order valence-corrected chi connectivity index (χ0v) is 11.8. The van der Waals surface area contributed by atoms with Crippen molar-refractivity contribution in [2.45, 2.75) is 19.8 Å². The van der Waals surface area contributed by atoms with Gasteiger partial charge in [0.2, 0.25) is 5.91 Å². The van der Waals surface area contributed by atoms with Crippen molar-refractivity contribution in [3.63, 3.8) is 0 Å². The predicted octanol–water partition coefficient (Wildman–Crippen LogP) is 2.36. The molecule has 7 heteroatoms.